The van der Waals surface area contributed by atoms with Crippen molar-refractivity contribution >= 4 is 51.5 Å². The summed E-state index contributed by atoms with van der Waals surface area (Å²) < 4.78 is 11.5. The van der Waals surface area contributed by atoms with Gasteiger partial charge in [-0.2, -0.15) is 0 Å². The summed E-state index contributed by atoms with van der Waals surface area (Å²) in [5.74, 6) is 0.499. The largest absolute Gasteiger partial charge is 0.465 e. The smallest absolute Gasteiger partial charge is 0.350 e. The van der Waals surface area contributed by atoms with Gasteiger partial charge < -0.3 is 14.4 Å². The van der Waals surface area contributed by atoms with E-state index in [-0.39, 0.29) is 23.8 Å². The molecule has 138 valence electrons. The van der Waals surface area contributed by atoms with Gasteiger partial charge in [-0.25, -0.2) is 4.79 Å². The van der Waals surface area contributed by atoms with Crippen LogP contribution in [0, 0.1) is 14.7 Å². The Morgan fingerprint density at radius 1 is 1.28 bits per heavy atom. The molecule has 5 nitrogen and oxygen atoms in total. The van der Waals surface area contributed by atoms with E-state index >= 15 is 0 Å². The molecule has 0 aromatic carbocycles. The van der Waals surface area contributed by atoms with E-state index in [1.807, 2.05) is 11.0 Å². The molecule has 0 N–H and O–H groups in total. The van der Waals surface area contributed by atoms with Crippen molar-refractivity contribution in [2.24, 2.45) is 11.8 Å². The maximum Gasteiger partial charge on any atom is 0.350 e. The Morgan fingerprint density at radius 2 is 2.00 bits per heavy atom. The minimum atomic E-state index is -0.378. The minimum absolute atomic E-state index is 0.000608. The van der Waals surface area contributed by atoms with Crippen LogP contribution in [-0.4, -0.2) is 38.2 Å². The number of halogens is 1. The second-order valence-corrected chi connectivity index (χ2v) is 9.89. The number of hydrogen-bond acceptors (Lipinski definition) is 5. The summed E-state index contributed by atoms with van der Waals surface area (Å²) >= 11 is 3.57. The molecule has 1 amide bonds. The summed E-state index contributed by atoms with van der Waals surface area (Å²) in [4.78, 5) is 28.0. The van der Waals surface area contributed by atoms with Crippen molar-refractivity contribution in [3.8, 4) is 0 Å². The van der Waals surface area contributed by atoms with Gasteiger partial charge in [-0.05, 0) is 66.7 Å². The van der Waals surface area contributed by atoms with E-state index in [4.69, 9.17) is 9.47 Å². The fourth-order valence-corrected chi connectivity index (χ4v) is 5.44. The van der Waals surface area contributed by atoms with E-state index in [0.717, 1.165) is 35.0 Å². The molecular formula is C18H24INO4S. The Labute approximate surface area is 166 Å². The monoisotopic (exact) mass is 477 g/mol. The molecule has 1 aliphatic carbocycles. The zero-order chi connectivity index (χ0) is 18.0. The molecule has 1 saturated carbocycles. The molecule has 0 radical (unpaired) electrons. The first-order valence-electron chi connectivity index (χ1n) is 8.79. The van der Waals surface area contributed by atoms with Gasteiger partial charge in [0.25, 0.3) is 0 Å². The number of carbonyl (C=O) groups is 2. The minimum Gasteiger partial charge on any atom is -0.465 e. The molecular weight excluding hydrogens is 453 g/mol. The van der Waals surface area contributed by atoms with Crippen LogP contribution in [0.4, 0.5) is 5.69 Å². The first-order valence-corrected chi connectivity index (χ1v) is 10.7. The first kappa shape index (κ1) is 19.1. The highest BCUT2D eigenvalue weighted by Gasteiger charge is 2.37. The van der Waals surface area contributed by atoms with Crippen molar-refractivity contribution in [3.05, 3.63) is 13.8 Å². The maximum atomic E-state index is 13.4. The Bertz CT molecular complexity index is 633. The summed E-state index contributed by atoms with van der Waals surface area (Å²) in [5, 5.41) is 0. The van der Waals surface area contributed by atoms with E-state index in [0.29, 0.717) is 29.7 Å². The molecule has 2 heterocycles. The normalized spacial score (nSPS) is 26.4. The van der Waals surface area contributed by atoms with Crippen LogP contribution in [0.15, 0.2) is 6.07 Å². The Kier molecular flexibility index (Phi) is 6.38. The van der Waals surface area contributed by atoms with Crippen molar-refractivity contribution in [2.75, 3.05) is 25.2 Å². The molecule has 1 saturated heterocycles. The number of rotatable bonds is 4. The van der Waals surface area contributed by atoms with E-state index in [1.165, 1.54) is 18.4 Å². The third kappa shape index (κ3) is 4.19. The quantitative estimate of drug-likeness (QED) is 0.485. The van der Waals surface area contributed by atoms with Gasteiger partial charge in [0, 0.05) is 12.5 Å². The molecule has 1 atom stereocenters. The predicted molar refractivity (Wildman–Crippen MR) is 106 cm³/mol. The van der Waals surface area contributed by atoms with Gasteiger partial charge in [-0.3, -0.25) is 4.79 Å². The van der Waals surface area contributed by atoms with Crippen LogP contribution in [0.1, 0.15) is 48.7 Å². The van der Waals surface area contributed by atoms with E-state index < -0.39 is 0 Å². The van der Waals surface area contributed by atoms with Crippen molar-refractivity contribution in [1.82, 2.24) is 0 Å². The second kappa shape index (κ2) is 8.35. The number of nitrogens with zero attached hydrogens (tertiary/aromatic N) is 1. The lowest BCUT2D eigenvalue weighted by atomic mass is 9.82. The highest BCUT2D eigenvalue weighted by molar-refractivity contribution is 14.1. The fraction of sp³-hybridized carbons (Fsp3) is 0.667. The van der Waals surface area contributed by atoms with Crippen LogP contribution in [0.2, 0.25) is 0 Å². The molecule has 1 aromatic rings. The van der Waals surface area contributed by atoms with Gasteiger partial charge in [-0.1, -0.05) is 6.92 Å². The van der Waals surface area contributed by atoms with E-state index in [1.54, 1.807) is 0 Å². The molecule has 3 rings (SSSR count). The lowest BCUT2D eigenvalue weighted by Crippen LogP contribution is -2.45. The summed E-state index contributed by atoms with van der Waals surface area (Å²) in [6.07, 6.45) is 4.85. The van der Waals surface area contributed by atoms with Gasteiger partial charge >= 0.3 is 5.97 Å². The summed E-state index contributed by atoms with van der Waals surface area (Å²) in [7, 11) is 1.38. The predicted octanol–water partition coefficient (Wildman–Crippen LogP) is 4.09. The van der Waals surface area contributed by atoms with Crippen LogP contribution in [0.3, 0.4) is 0 Å². The molecule has 1 aliphatic heterocycles. The average molecular weight is 477 g/mol. The molecule has 0 spiro atoms. The lowest BCUT2D eigenvalue weighted by Gasteiger charge is -2.34. The Balaban J connectivity index is 1.93. The van der Waals surface area contributed by atoms with Crippen LogP contribution >= 0.6 is 33.9 Å². The van der Waals surface area contributed by atoms with Crippen LogP contribution in [-0.2, 0) is 14.3 Å². The van der Waals surface area contributed by atoms with Crippen molar-refractivity contribution in [1.29, 1.82) is 0 Å². The fourth-order valence-electron chi connectivity index (χ4n) is 3.69. The SMILES string of the molecule is COC(=O)c1sc(I)cc1N(C(=O)C1CCC(C)CC1)C1CCOC1. The number of carbonyl (C=O) groups excluding carboxylic acids is 2. The molecule has 25 heavy (non-hydrogen) atoms. The molecule has 7 heteroatoms. The standard InChI is InChI=1S/C18H24INO4S/c1-11-3-5-12(6-4-11)17(21)20(13-7-8-24-10-13)14-9-15(19)25-16(14)18(22)23-2/h9,11-13H,3-8,10H2,1-2H3. The summed E-state index contributed by atoms with van der Waals surface area (Å²) in [5.41, 5.74) is 0.695. The molecule has 2 fully saturated rings. The van der Waals surface area contributed by atoms with Gasteiger partial charge in [-0.15, -0.1) is 11.3 Å². The highest BCUT2D eigenvalue weighted by Crippen LogP contribution is 2.38. The number of esters is 1. The Morgan fingerprint density at radius 3 is 2.60 bits per heavy atom. The van der Waals surface area contributed by atoms with Gasteiger partial charge in [0.15, 0.2) is 0 Å². The van der Waals surface area contributed by atoms with Crippen molar-refractivity contribution in [2.45, 2.75) is 45.1 Å². The molecule has 1 aromatic heterocycles. The van der Waals surface area contributed by atoms with Crippen molar-refractivity contribution < 1.29 is 19.1 Å². The zero-order valence-electron chi connectivity index (χ0n) is 14.6. The third-order valence-electron chi connectivity index (χ3n) is 5.19. The zero-order valence-corrected chi connectivity index (χ0v) is 17.6. The summed E-state index contributed by atoms with van der Waals surface area (Å²) in [6, 6.07) is 1.93. The highest BCUT2D eigenvalue weighted by atomic mass is 127. The maximum absolute atomic E-state index is 13.4. The number of amides is 1. The van der Waals surface area contributed by atoms with Crippen molar-refractivity contribution in [3.63, 3.8) is 0 Å². The number of thiophene rings is 1. The average Bonchev–Trinajstić information content (AvgIpc) is 3.25. The number of ether oxygens (including phenoxy) is 2. The van der Waals surface area contributed by atoms with Crippen LogP contribution in [0.25, 0.3) is 0 Å². The van der Waals surface area contributed by atoms with Gasteiger partial charge in [0.05, 0.1) is 28.3 Å². The van der Waals surface area contributed by atoms with Gasteiger partial charge in [0.2, 0.25) is 5.91 Å². The third-order valence-corrected chi connectivity index (χ3v) is 7.05. The first-order chi connectivity index (χ1) is 12.0. The summed E-state index contributed by atoms with van der Waals surface area (Å²) in [6.45, 7) is 3.44. The second-order valence-electron chi connectivity index (χ2n) is 6.94. The Hall–Kier alpha value is -0.670. The van der Waals surface area contributed by atoms with Crippen LogP contribution < -0.4 is 4.90 Å². The van der Waals surface area contributed by atoms with E-state index in [2.05, 4.69) is 29.5 Å². The topological polar surface area (TPSA) is 55.8 Å². The number of anilines is 1. The molecule has 2 aliphatic rings. The van der Waals surface area contributed by atoms with Gasteiger partial charge in [0.1, 0.15) is 4.88 Å². The number of hydrogen-bond donors (Lipinski definition) is 0. The van der Waals surface area contributed by atoms with Crippen LogP contribution in [0.5, 0.6) is 0 Å². The molecule has 1 unspecified atom stereocenters. The molecule has 0 bridgehead atoms. The van der Waals surface area contributed by atoms with E-state index in [9.17, 15) is 9.59 Å². The lowest BCUT2D eigenvalue weighted by molar-refractivity contribution is -0.124. The number of methoxy groups -OCH3 is 1.